The summed E-state index contributed by atoms with van der Waals surface area (Å²) >= 11 is 6.02. The van der Waals surface area contributed by atoms with Gasteiger partial charge in [0, 0.05) is 41.2 Å². The normalized spacial score (nSPS) is 13.5. The Kier molecular flexibility index (Phi) is 6.75. The number of aromatic nitrogens is 2. The molecule has 7 nitrogen and oxygen atoms in total. The highest BCUT2D eigenvalue weighted by Gasteiger charge is 2.14. The number of piperidine rings is 1. The van der Waals surface area contributed by atoms with Crippen LogP contribution in [0.15, 0.2) is 48.5 Å². The molecule has 8 heteroatoms. The van der Waals surface area contributed by atoms with Gasteiger partial charge in [0.2, 0.25) is 0 Å². The number of amides is 2. The van der Waals surface area contributed by atoms with E-state index >= 15 is 0 Å². The monoisotopic (exact) mass is 450 g/mol. The first-order valence-electron chi connectivity index (χ1n) is 10.8. The molecule has 1 aliphatic rings. The maximum absolute atomic E-state index is 12.3. The SMILES string of the molecule is Cc1nc(Nc2ccc(NC(=O)Nc3cc(Cl)ccc3C)cc2)cc(N2CCCCC2)n1. The fourth-order valence-electron chi connectivity index (χ4n) is 3.70. The number of aryl methyl sites for hydroxylation is 2. The minimum absolute atomic E-state index is 0.325. The molecule has 3 aromatic rings. The number of halogens is 1. The molecule has 0 bridgehead atoms. The minimum Gasteiger partial charge on any atom is -0.356 e. The van der Waals surface area contributed by atoms with Crippen LogP contribution >= 0.6 is 11.6 Å². The minimum atomic E-state index is -0.325. The summed E-state index contributed by atoms with van der Waals surface area (Å²) in [5, 5.41) is 9.57. The van der Waals surface area contributed by atoms with Gasteiger partial charge in [0.05, 0.1) is 0 Å². The maximum atomic E-state index is 12.3. The zero-order chi connectivity index (χ0) is 22.5. The van der Waals surface area contributed by atoms with Crippen molar-refractivity contribution in [2.45, 2.75) is 33.1 Å². The van der Waals surface area contributed by atoms with Crippen LogP contribution in [0.5, 0.6) is 0 Å². The highest BCUT2D eigenvalue weighted by atomic mass is 35.5. The molecule has 0 spiro atoms. The number of benzene rings is 2. The van der Waals surface area contributed by atoms with E-state index in [9.17, 15) is 4.79 Å². The predicted octanol–water partition coefficient (Wildman–Crippen LogP) is 6.12. The molecule has 3 N–H and O–H groups in total. The molecule has 0 radical (unpaired) electrons. The molecule has 1 fully saturated rings. The highest BCUT2D eigenvalue weighted by Crippen LogP contribution is 2.24. The number of urea groups is 1. The first-order chi connectivity index (χ1) is 15.5. The van der Waals surface area contributed by atoms with Gasteiger partial charge >= 0.3 is 6.03 Å². The molecule has 4 rings (SSSR count). The van der Waals surface area contributed by atoms with Crippen molar-refractivity contribution in [1.82, 2.24) is 9.97 Å². The van der Waals surface area contributed by atoms with Crippen molar-refractivity contribution in [2.75, 3.05) is 33.9 Å². The van der Waals surface area contributed by atoms with Gasteiger partial charge in [-0.2, -0.15) is 0 Å². The zero-order valence-electron chi connectivity index (χ0n) is 18.3. The lowest BCUT2D eigenvalue weighted by Gasteiger charge is -2.28. The van der Waals surface area contributed by atoms with Gasteiger partial charge in [-0.3, -0.25) is 0 Å². The molecule has 32 heavy (non-hydrogen) atoms. The number of carbonyl (C=O) groups excluding carboxylic acids is 1. The lowest BCUT2D eigenvalue weighted by Crippen LogP contribution is -2.30. The fourth-order valence-corrected chi connectivity index (χ4v) is 3.87. The zero-order valence-corrected chi connectivity index (χ0v) is 19.0. The third-order valence-electron chi connectivity index (χ3n) is 5.37. The molecule has 0 unspecified atom stereocenters. The topological polar surface area (TPSA) is 82.2 Å². The Morgan fingerprint density at radius 3 is 2.38 bits per heavy atom. The van der Waals surface area contributed by atoms with E-state index in [-0.39, 0.29) is 6.03 Å². The van der Waals surface area contributed by atoms with Crippen LogP contribution in [0.1, 0.15) is 30.7 Å². The van der Waals surface area contributed by atoms with Gasteiger partial charge in [0.1, 0.15) is 17.5 Å². The van der Waals surface area contributed by atoms with Gasteiger partial charge in [-0.1, -0.05) is 17.7 Å². The van der Waals surface area contributed by atoms with Gasteiger partial charge in [-0.25, -0.2) is 14.8 Å². The third kappa shape index (κ3) is 5.68. The number of rotatable bonds is 5. The Bertz CT molecular complexity index is 1100. The van der Waals surface area contributed by atoms with Crippen molar-refractivity contribution in [3.8, 4) is 0 Å². The fraction of sp³-hybridized carbons (Fsp3) is 0.292. The van der Waals surface area contributed by atoms with Crippen LogP contribution < -0.4 is 20.9 Å². The Morgan fingerprint density at radius 2 is 1.62 bits per heavy atom. The summed E-state index contributed by atoms with van der Waals surface area (Å²) in [6.07, 6.45) is 3.68. The molecule has 166 valence electrons. The smallest absolute Gasteiger partial charge is 0.323 e. The number of nitrogens with one attached hydrogen (secondary N) is 3. The van der Waals surface area contributed by atoms with Crippen LogP contribution in [0.4, 0.5) is 33.5 Å². The second-order valence-corrected chi connectivity index (χ2v) is 8.38. The quantitative estimate of drug-likeness (QED) is 0.436. The summed E-state index contributed by atoms with van der Waals surface area (Å²) in [5.74, 6) is 2.46. The van der Waals surface area contributed by atoms with Gasteiger partial charge in [-0.05, 0) is 75.1 Å². The van der Waals surface area contributed by atoms with Crippen LogP contribution in [-0.4, -0.2) is 29.1 Å². The Morgan fingerprint density at radius 1 is 0.906 bits per heavy atom. The summed E-state index contributed by atoms with van der Waals surface area (Å²) in [6.45, 7) is 5.89. The lowest BCUT2D eigenvalue weighted by atomic mass is 10.1. The van der Waals surface area contributed by atoms with Crippen LogP contribution in [0.3, 0.4) is 0 Å². The summed E-state index contributed by atoms with van der Waals surface area (Å²) in [4.78, 5) is 23.8. The van der Waals surface area contributed by atoms with E-state index in [0.29, 0.717) is 16.4 Å². The van der Waals surface area contributed by atoms with Crippen LogP contribution in [0, 0.1) is 13.8 Å². The predicted molar refractivity (Wildman–Crippen MR) is 131 cm³/mol. The van der Waals surface area contributed by atoms with E-state index in [0.717, 1.165) is 41.8 Å². The molecule has 2 aromatic carbocycles. The van der Waals surface area contributed by atoms with Crippen molar-refractivity contribution in [3.63, 3.8) is 0 Å². The summed E-state index contributed by atoms with van der Waals surface area (Å²) in [5.41, 5.74) is 3.18. The van der Waals surface area contributed by atoms with Crippen molar-refractivity contribution >= 4 is 46.3 Å². The largest absolute Gasteiger partial charge is 0.356 e. The van der Waals surface area contributed by atoms with Gasteiger partial charge in [-0.15, -0.1) is 0 Å². The number of carbonyl (C=O) groups is 1. The first-order valence-corrected chi connectivity index (χ1v) is 11.2. The van der Waals surface area contributed by atoms with E-state index in [1.165, 1.54) is 19.3 Å². The van der Waals surface area contributed by atoms with Crippen LogP contribution in [0.25, 0.3) is 0 Å². The van der Waals surface area contributed by atoms with Crippen LogP contribution in [0.2, 0.25) is 5.02 Å². The van der Waals surface area contributed by atoms with Crippen molar-refractivity contribution in [1.29, 1.82) is 0 Å². The lowest BCUT2D eigenvalue weighted by molar-refractivity contribution is 0.262. The Balaban J connectivity index is 1.39. The average Bonchev–Trinajstić information content (AvgIpc) is 2.78. The Labute approximate surface area is 193 Å². The van der Waals surface area contributed by atoms with Gasteiger partial charge < -0.3 is 20.9 Å². The molecule has 1 saturated heterocycles. The van der Waals surface area contributed by atoms with Crippen molar-refractivity contribution in [3.05, 3.63) is 64.9 Å². The summed E-state index contributed by atoms with van der Waals surface area (Å²) in [6, 6.07) is 14.5. The summed E-state index contributed by atoms with van der Waals surface area (Å²) in [7, 11) is 0. The number of nitrogens with zero attached hydrogens (tertiary/aromatic N) is 3. The van der Waals surface area contributed by atoms with Crippen molar-refractivity contribution < 1.29 is 4.79 Å². The second-order valence-electron chi connectivity index (χ2n) is 7.95. The van der Waals surface area contributed by atoms with Crippen molar-refractivity contribution in [2.24, 2.45) is 0 Å². The molecule has 2 amide bonds. The molecule has 0 aliphatic carbocycles. The van der Waals surface area contributed by atoms with Crippen LogP contribution in [-0.2, 0) is 0 Å². The van der Waals surface area contributed by atoms with E-state index in [4.69, 9.17) is 11.6 Å². The third-order valence-corrected chi connectivity index (χ3v) is 5.60. The number of hydrogen-bond donors (Lipinski definition) is 3. The number of hydrogen-bond acceptors (Lipinski definition) is 5. The molecule has 1 aliphatic heterocycles. The molecule has 0 saturated carbocycles. The standard InChI is InChI=1S/C24H27ClN6O/c1-16-6-7-18(25)14-21(16)30-24(32)29-20-10-8-19(9-11-20)28-22-15-23(27-17(2)26-22)31-12-4-3-5-13-31/h6-11,14-15H,3-5,12-13H2,1-2H3,(H,26,27,28)(H2,29,30,32). The number of anilines is 5. The van der Waals surface area contributed by atoms with E-state index in [2.05, 4.69) is 30.8 Å². The van der Waals surface area contributed by atoms with Gasteiger partial charge in [0.15, 0.2) is 0 Å². The molecular weight excluding hydrogens is 424 g/mol. The van der Waals surface area contributed by atoms with E-state index in [1.54, 1.807) is 12.1 Å². The molecule has 1 aromatic heterocycles. The maximum Gasteiger partial charge on any atom is 0.323 e. The van der Waals surface area contributed by atoms with E-state index in [1.807, 2.05) is 50.2 Å². The van der Waals surface area contributed by atoms with Gasteiger partial charge in [0.25, 0.3) is 0 Å². The average molecular weight is 451 g/mol. The Hall–Kier alpha value is -3.32. The second kappa shape index (κ2) is 9.87. The molecular formula is C24H27ClN6O. The highest BCUT2D eigenvalue weighted by molar-refractivity contribution is 6.31. The molecule has 2 heterocycles. The van der Waals surface area contributed by atoms with E-state index < -0.39 is 0 Å². The summed E-state index contributed by atoms with van der Waals surface area (Å²) < 4.78 is 0. The first kappa shape index (κ1) is 21.9. The molecule has 0 atom stereocenters.